The Morgan fingerprint density at radius 3 is 2.79 bits per heavy atom. The second kappa shape index (κ2) is 5.69. The zero-order valence-corrected chi connectivity index (χ0v) is 11.7. The van der Waals surface area contributed by atoms with Crippen LogP contribution in [-0.4, -0.2) is 20.8 Å². The van der Waals surface area contributed by atoms with Crippen LogP contribution in [0.25, 0.3) is 17.2 Å². The zero-order valence-electron chi connectivity index (χ0n) is 11.7. The van der Waals surface area contributed by atoms with Gasteiger partial charge in [-0.1, -0.05) is 13.5 Å². The van der Waals surface area contributed by atoms with Crippen molar-refractivity contribution in [1.29, 1.82) is 0 Å². The SMILES string of the molecule is C=Cc1ncc(-c2cnn(C)c2)cc1N[C@H](C)CC. The summed E-state index contributed by atoms with van der Waals surface area (Å²) in [7, 11) is 1.91. The first kappa shape index (κ1) is 13.3. The summed E-state index contributed by atoms with van der Waals surface area (Å²) in [5.74, 6) is 0. The van der Waals surface area contributed by atoms with Crippen molar-refractivity contribution in [2.75, 3.05) is 5.32 Å². The van der Waals surface area contributed by atoms with Crippen molar-refractivity contribution in [2.24, 2.45) is 7.05 Å². The van der Waals surface area contributed by atoms with E-state index in [4.69, 9.17) is 0 Å². The number of nitrogens with zero attached hydrogens (tertiary/aromatic N) is 3. The molecular formula is C15H20N4. The van der Waals surface area contributed by atoms with Gasteiger partial charge in [0.2, 0.25) is 0 Å². The lowest BCUT2D eigenvalue weighted by atomic mass is 10.1. The lowest BCUT2D eigenvalue weighted by Crippen LogP contribution is -2.14. The third-order valence-corrected chi connectivity index (χ3v) is 3.16. The molecule has 0 unspecified atom stereocenters. The Labute approximate surface area is 114 Å². The fourth-order valence-corrected chi connectivity index (χ4v) is 1.85. The van der Waals surface area contributed by atoms with Crippen LogP contribution >= 0.6 is 0 Å². The van der Waals surface area contributed by atoms with Gasteiger partial charge in [-0.15, -0.1) is 0 Å². The topological polar surface area (TPSA) is 42.7 Å². The highest BCUT2D eigenvalue weighted by Crippen LogP contribution is 2.24. The van der Waals surface area contributed by atoms with Crippen LogP contribution in [0.3, 0.4) is 0 Å². The molecule has 0 spiro atoms. The van der Waals surface area contributed by atoms with Crippen LogP contribution in [0.4, 0.5) is 5.69 Å². The third-order valence-electron chi connectivity index (χ3n) is 3.16. The van der Waals surface area contributed by atoms with Crippen LogP contribution in [-0.2, 0) is 7.05 Å². The minimum atomic E-state index is 0.407. The molecule has 2 rings (SSSR count). The Bertz CT molecular complexity index is 571. The molecule has 0 radical (unpaired) electrons. The largest absolute Gasteiger partial charge is 0.381 e. The average molecular weight is 256 g/mol. The van der Waals surface area contributed by atoms with Gasteiger partial charge in [0.05, 0.1) is 17.6 Å². The highest BCUT2D eigenvalue weighted by Gasteiger charge is 2.08. The molecule has 0 bridgehead atoms. The van der Waals surface area contributed by atoms with Crippen molar-refractivity contribution >= 4 is 11.8 Å². The lowest BCUT2D eigenvalue weighted by molar-refractivity contribution is 0.763. The molecule has 1 N–H and O–H groups in total. The van der Waals surface area contributed by atoms with E-state index in [1.54, 1.807) is 10.8 Å². The molecule has 0 amide bonds. The van der Waals surface area contributed by atoms with Gasteiger partial charge in [0, 0.05) is 36.6 Å². The van der Waals surface area contributed by atoms with Gasteiger partial charge in [0.1, 0.15) is 0 Å². The van der Waals surface area contributed by atoms with E-state index in [-0.39, 0.29) is 0 Å². The first-order chi connectivity index (χ1) is 9.13. The van der Waals surface area contributed by atoms with Crippen LogP contribution in [0.5, 0.6) is 0 Å². The second-order valence-electron chi connectivity index (χ2n) is 4.72. The molecule has 0 aliphatic heterocycles. The van der Waals surface area contributed by atoms with Gasteiger partial charge in [0.25, 0.3) is 0 Å². The summed E-state index contributed by atoms with van der Waals surface area (Å²) in [5, 5.41) is 7.66. The van der Waals surface area contributed by atoms with Gasteiger partial charge < -0.3 is 5.32 Å². The molecule has 0 saturated carbocycles. The van der Waals surface area contributed by atoms with E-state index in [1.165, 1.54) is 0 Å². The summed E-state index contributed by atoms with van der Waals surface area (Å²) in [4.78, 5) is 4.45. The highest BCUT2D eigenvalue weighted by molar-refractivity contribution is 5.71. The molecule has 4 heteroatoms. The molecule has 2 heterocycles. The van der Waals surface area contributed by atoms with E-state index < -0.39 is 0 Å². The molecular weight excluding hydrogens is 236 g/mol. The van der Waals surface area contributed by atoms with Crippen molar-refractivity contribution in [2.45, 2.75) is 26.3 Å². The standard InChI is InChI=1S/C15H20N4/c1-5-11(3)18-15-7-12(8-16-14(15)6-2)13-9-17-19(4)10-13/h6-11,18H,2,5H2,1,3-4H3/t11-/m1/s1. The Morgan fingerprint density at radius 2 is 2.21 bits per heavy atom. The van der Waals surface area contributed by atoms with Crippen molar-refractivity contribution in [3.05, 3.63) is 36.9 Å². The molecule has 0 aromatic carbocycles. The Balaban J connectivity index is 2.37. The van der Waals surface area contributed by atoms with E-state index in [0.29, 0.717) is 6.04 Å². The number of anilines is 1. The quantitative estimate of drug-likeness (QED) is 0.892. The maximum Gasteiger partial charge on any atom is 0.0855 e. The fraction of sp³-hybridized carbons (Fsp3) is 0.333. The smallest absolute Gasteiger partial charge is 0.0855 e. The van der Waals surface area contributed by atoms with Gasteiger partial charge in [-0.2, -0.15) is 5.10 Å². The molecule has 0 fully saturated rings. The molecule has 0 aliphatic carbocycles. The average Bonchev–Trinajstić information content (AvgIpc) is 2.85. The molecule has 4 nitrogen and oxygen atoms in total. The normalized spacial score (nSPS) is 12.2. The van der Waals surface area contributed by atoms with Crippen LogP contribution in [0.1, 0.15) is 26.0 Å². The van der Waals surface area contributed by atoms with Crippen molar-refractivity contribution in [3.63, 3.8) is 0 Å². The highest BCUT2D eigenvalue weighted by atomic mass is 15.2. The van der Waals surface area contributed by atoms with Crippen molar-refractivity contribution < 1.29 is 0 Å². The van der Waals surface area contributed by atoms with E-state index in [9.17, 15) is 0 Å². The van der Waals surface area contributed by atoms with Gasteiger partial charge >= 0.3 is 0 Å². The van der Waals surface area contributed by atoms with Gasteiger partial charge in [-0.05, 0) is 25.5 Å². The summed E-state index contributed by atoms with van der Waals surface area (Å²) in [6.07, 6.45) is 8.52. The minimum absolute atomic E-state index is 0.407. The Morgan fingerprint density at radius 1 is 1.42 bits per heavy atom. The van der Waals surface area contributed by atoms with Crippen LogP contribution in [0, 0.1) is 0 Å². The van der Waals surface area contributed by atoms with Crippen LogP contribution < -0.4 is 5.32 Å². The molecule has 2 aromatic rings. The van der Waals surface area contributed by atoms with E-state index in [1.807, 2.05) is 25.6 Å². The third kappa shape index (κ3) is 3.02. The van der Waals surface area contributed by atoms with Crippen LogP contribution in [0.2, 0.25) is 0 Å². The Hall–Kier alpha value is -2.10. The van der Waals surface area contributed by atoms with E-state index in [0.717, 1.165) is 28.9 Å². The predicted molar refractivity (Wildman–Crippen MR) is 79.9 cm³/mol. The summed E-state index contributed by atoms with van der Waals surface area (Å²) in [6.45, 7) is 8.13. The molecule has 0 aliphatic rings. The van der Waals surface area contributed by atoms with E-state index in [2.05, 4.69) is 41.9 Å². The second-order valence-corrected chi connectivity index (χ2v) is 4.72. The number of aromatic nitrogens is 3. The zero-order chi connectivity index (χ0) is 13.8. The monoisotopic (exact) mass is 256 g/mol. The van der Waals surface area contributed by atoms with Gasteiger partial charge in [0.15, 0.2) is 0 Å². The fourth-order valence-electron chi connectivity index (χ4n) is 1.85. The molecule has 1 atom stereocenters. The summed E-state index contributed by atoms with van der Waals surface area (Å²) >= 11 is 0. The van der Waals surface area contributed by atoms with Crippen LogP contribution in [0.15, 0.2) is 31.2 Å². The maximum atomic E-state index is 4.45. The Kier molecular flexibility index (Phi) is 4.00. The number of hydrogen-bond acceptors (Lipinski definition) is 3. The lowest BCUT2D eigenvalue weighted by Gasteiger charge is -2.15. The first-order valence-corrected chi connectivity index (χ1v) is 6.52. The summed E-state index contributed by atoms with van der Waals surface area (Å²) in [5.41, 5.74) is 4.03. The predicted octanol–water partition coefficient (Wildman–Crippen LogP) is 3.34. The molecule has 2 aromatic heterocycles. The molecule has 0 saturated heterocycles. The number of nitrogens with one attached hydrogen (secondary N) is 1. The minimum Gasteiger partial charge on any atom is -0.381 e. The summed E-state index contributed by atoms with van der Waals surface area (Å²) < 4.78 is 1.79. The first-order valence-electron chi connectivity index (χ1n) is 6.52. The summed E-state index contributed by atoms with van der Waals surface area (Å²) in [6, 6.07) is 2.51. The number of aryl methyl sites for hydroxylation is 1. The number of hydrogen-bond donors (Lipinski definition) is 1. The van der Waals surface area contributed by atoms with Gasteiger partial charge in [-0.3, -0.25) is 9.67 Å². The van der Waals surface area contributed by atoms with E-state index >= 15 is 0 Å². The number of rotatable bonds is 5. The number of pyridine rings is 1. The maximum absolute atomic E-state index is 4.45. The van der Waals surface area contributed by atoms with Crippen molar-refractivity contribution in [3.8, 4) is 11.1 Å². The van der Waals surface area contributed by atoms with Crippen molar-refractivity contribution in [1.82, 2.24) is 14.8 Å². The molecule has 19 heavy (non-hydrogen) atoms. The van der Waals surface area contributed by atoms with Gasteiger partial charge in [-0.25, -0.2) is 0 Å². The molecule has 100 valence electrons.